The van der Waals surface area contributed by atoms with Gasteiger partial charge in [-0.3, -0.25) is 4.79 Å². The first-order valence-corrected chi connectivity index (χ1v) is 10.6. The Hall–Kier alpha value is -1.98. The Labute approximate surface area is 172 Å². The summed E-state index contributed by atoms with van der Waals surface area (Å²) in [7, 11) is 1.63. The third-order valence-corrected chi connectivity index (χ3v) is 5.83. The Bertz CT molecular complexity index is 733. The lowest BCUT2D eigenvalue weighted by Gasteiger charge is -2.29. The molecule has 0 aliphatic rings. The summed E-state index contributed by atoms with van der Waals surface area (Å²) in [6.07, 6.45) is 0. The molecule has 152 valence electrons. The van der Waals surface area contributed by atoms with E-state index in [1.807, 2.05) is 55.5 Å². The first kappa shape index (κ1) is 22.3. The standard InChI is InChI=1S/C23H30O4S/c1-6-26-15-16-28-22(23(2,3)4)21(24)17-7-9-19(10-8-17)27-20-13-11-18(25-5)12-14-20/h7-14,22H,6,15-16H2,1-5H3. The number of carbonyl (C=O) groups excluding carboxylic acids is 1. The minimum absolute atomic E-state index is 0.124. The van der Waals surface area contributed by atoms with Gasteiger partial charge in [-0.05, 0) is 60.9 Å². The number of methoxy groups -OCH3 is 1. The Morgan fingerprint density at radius 1 is 0.964 bits per heavy atom. The number of rotatable bonds is 10. The molecule has 0 radical (unpaired) electrons. The van der Waals surface area contributed by atoms with Crippen molar-refractivity contribution in [3.05, 3.63) is 54.1 Å². The van der Waals surface area contributed by atoms with Crippen LogP contribution in [0.2, 0.25) is 0 Å². The quantitative estimate of drug-likeness (QED) is 0.368. The van der Waals surface area contributed by atoms with Crippen molar-refractivity contribution in [1.82, 2.24) is 0 Å². The zero-order valence-electron chi connectivity index (χ0n) is 17.4. The topological polar surface area (TPSA) is 44.8 Å². The summed E-state index contributed by atoms with van der Waals surface area (Å²) in [6.45, 7) is 9.64. The highest BCUT2D eigenvalue weighted by Crippen LogP contribution is 2.33. The fourth-order valence-corrected chi connectivity index (χ4v) is 3.94. The fraction of sp³-hybridized carbons (Fsp3) is 0.435. The fourth-order valence-electron chi connectivity index (χ4n) is 2.71. The molecule has 0 aliphatic carbocycles. The Morgan fingerprint density at radius 3 is 2.00 bits per heavy atom. The Morgan fingerprint density at radius 2 is 1.50 bits per heavy atom. The maximum atomic E-state index is 13.1. The van der Waals surface area contributed by atoms with Gasteiger partial charge in [0.15, 0.2) is 5.78 Å². The van der Waals surface area contributed by atoms with Crippen molar-refractivity contribution in [2.45, 2.75) is 32.9 Å². The van der Waals surface area contributed by atoms with Crippen LogP contribution in [0.1, 0.15) is 38.1 Å². The van der Waals surface area contributed by atoms with Crippen LogP contribution in [0.15, 0.2) is 48.5 Å². The second-order valence-corrected chi connectivity index (χ2v) is 8.69. The van der Waals surface area contributed by atoms with Crippen molar-refractivity contribution in [2.75, 3.05) is 26.1 Å². The van der Waals surface area contributed by atoms with Gasteiger partial charge >= 0.3 is 0 Å². The number of ketones is 1. The number of hydrogen-bond acceptors (Lipinski definition) is 5. The summed E-state index contributed by atoms with van der Waals surface area (Å²) in [5, 5.41) is -0.124. The summed E-state index contributed by atoms with van der Waals surface area (Å²) in [5.74, 6) is 3.14. The maximum Gasteiger partial charge on any atom is 0.176 e. The molecule has 0 N–H and O–H groups in total. The van der Waals surface area contributed by atoms with E-state index in [0.29, 0.717) is 24.5 Å². The lowest BCUT2D eigenvalue weighted by atomic mass is 9.87. The molecule has 1 atom stereocenters. The van der Waals surface area contributed by atoms with Crippen LogP contribution in [-0.4, -0.2) is 37.1 Å². The zero-order valence-corrected chi connectivity index (χ0v) is 18.2. The molecule has 2 rings (SSSR count). The molecule has 0 spiro atoms. The molecule has 2 aromatic rings. The SMILES string of the molecule is CCOCCSC(C(=O)c1ccc(Oc2ccc(OC)cc2)cc1)C(C)(C)C. The van der Waals surface area contributed by atoms with Crippen molar-refractivity contribution >= 4 is 17.5 Å². The smallest absolute Gasteiger partial charge is 0.176 e. The summed E-state index contributed by atoms with van der Waals surface area (Å²) < 4.78 is 16.4. The van der Waals surface area contributed by atoms with E-state index < -0.39 is 0 Å². The number of hydrogen-bond donors (Lipinski definition) is 0. The maximum absolute atomic E-state index is 13.1. The molecular formula is C23H30O4S. The van der Waals surface area contributed by atoms with Crippen molar-refractivity contribution in [1.29, 1.82) is 0 Å². The van der Waals surface area contributed by atoms with Gasteiger partial charge in [-0.2, -0.15) is 0 Å². The lowest BCUT2D eigenvalue weighted by Crippen LogP contribution is -2.32. The van der Waals surface area contributed by atoms with Crippen LogP contribution in [0, 0.1) is 5.41 Å². The molecule has 1 unspecified atom stereocenters. The first-order valence-electron chi connectivity index (χ1n) is 9.50. The van der Waals surface area contributed by atoms with E-state index in [4.69, 9.17) is 14.2 Å². The molecule has 0 aliphatic heterocycles. The van der Waals surface area contributed by atoms with Gasteiger partial charge in [-0.25, -0.2) is 0 Å². The minimum Gasteiger partial charge on any atom is -0.497 e. The van der Waals surface area contributed by atoms with Gasteiger partial charge in [-0.15, -0.1) is 11.8 Å². The van der Waals surface area contributed by atoms with Gasteiger partial charge in [0.05, 0.1) is 19.0 Å². The summed E-state index contributed by atoms with van der Waals surface area (Å²) in [5.41, 5.74) is 0.567. The normalized spacial score (nSPS) is 12.5. The molecule has 0 amide bonds. The van der Waals surface area contributed by atoms with E-state index in [1.54, 1.807) is 18.9 Å². The molecule has 0 aromatic heterocycles. The van der Waals surface area contributed by atoms with Crippen molar-refractivity contribution in [3.8, 4) is 17.2 Å². The van der Waals surface area contributed by atoms with Crippen LogP contribution in [-0.2, 0) is 4.74 Å². The molecule has 4 nitrogen and oxygen atoms in total. The van der Waals surface area contributed by atoms with Crippen molar-refractivity contribution in [3.63, 3.8) is 0 Å². The molecule has 0 heterocycles. The van der Waals surface area contributed by atoms with Gasteiger partial charge in [0, 0.05) is 17.9 Å². The van der Waals surface area contributed by atoms with E-state index >= 15 is 0 Å². The monoisotopic (exact) mass is 402 g/mol. The molecule has 0 fully saturated rings. The largest absolute Gasteiger partial charge is 0.497 e. The van der Waals surface area contributed by atoms with Crippen LogP contribution >= 0.6 is 11.8 Å². The van der Waals surface area contributed by atoms with E-state index in [0.717, 1.165) is 17.3 Å². The Kier molecular flexibility index (Phi) is 8.39. The van der Waals surface area contributed by atoms with E-state index in [1.165, 1.54) is 0 Å². The number of ether oxygens (including phenoxy) is 3. The number of benzene rings is 2. The zero-order chi connectivity index (χ0) is 20.6. The number of carbonyl (C=O) groups is 1. The molecule has 2 aromatic carbocycles. The second-order valence-electron chi connectivity index (χ2n) is 7.48. The second kappa shape index (κ2) is 10.5. The first-order chi connectivity index (χ1) is 13.3. The highest BCUT2D eigenvalue weighted by molar-refractivity contribution is 8.00. The summed E-state index contributed by atoms with van der Waals surface area (Å²) >= 11 is 1.66. The lowest BCUT2D eigenvalue weighted by molar-refractivity contribution is 0.0950. The predicted octanol–water partition coefficient (Wildman–Crippen LogP) is 5.85. The molecule has 0 saturated heterocycles. The van der Waals surface area contributed by atoms with Gasteiger partial charge in [0.1, 0.15) is 17.2 Å². The third-order valence-electron chi connectivity index (χ3n) is 4.17. The third kappa shape index (κ3) is 6.57. The van der Waals surface area contributed by atoms with Crippen LogP contribution in [0.3, 0.4) is 0 Å². The highest BCUT2D eigenvalue weighted by Gasteiger charge is 2.32. The van der Waals surface area contributed by atoms with Crippen molar-refractivity contribution in [2.24, 2.45) is 5.41 Å². The van der Waals surface area contributed by atoms with E-state index in [-0.39, 0.29) is 16.4 Å². The highest BCUT2D eigenvalue weighted by atomic mass is 32.2. The molecule has 28 heavy (non-hydrogen) atoms. The minimum atomic E-state index is -0.133. The van der Waals surface area contributed by atoms with Gasteiger partial charge in [-0.1, -0.05) is 20.8 Å². The van der Waals surface area contributed by atoms with Crippen LogP contribution in [0.5, 0.6) is 17.2 Å². The van der Waals surface area contributed by atoms with Crippen LogP contribution < -0.4 is 9.47 Å². The van der Waals surface area contributed by atoms with Gasteiger partial charge in [0.2, 0.25) is 0 Å². The van der Waals surface area contributed by atoms with E-state index in [2.05, 4.69) is 20.8 Å². The van der Waals surface area contributed by atoms with Gasteiger partial charge in [0.25, 0.3) is 0 Å². The van der Waals surface area contributed by atoms with Gasteiger partial charge < -0.3 is 14.2 Å². The van der Waals surface area contributed by atoms with Crippen molar-refractivity contribution < 1.29 is 19.0 Å². The van der Waals surface area contributed by atoms with Crippen LogP contribution in [0.4, 0.5) is 0 Å². The summed E-state index contributed by atoms with van der Waals surface area (Å²) in [6, 6.07) is 14.7. The molecule has 0 bridgehead atoms. The molecule has 0 saturated carbocycles. The number of thioether (sulfide) groups is 1. The number of Topliss-reactive ketones (excluding diaryl/α,β-unsaturated/α-hetero) is 1. The van der Waals surface area contributed by atoms with Crippen LogP contribution in [0.25, 0.3) is 0 Å². The predicted molar refractivity (Wildman–Crippen MR) is 116 cm³/mol. The Balaban J connectivity index is 2.05. The summed E-state index contributed by atoms with van der Waals surface area (Å²) in [4.78, 5) is 13.1. The molecular weight excluding hydrogens is 372 g/mol. The average molecular weight is 403 g/mol. The van der Waals surface area contributed by atoms with E-state index in [9.17, 15) is 4.79 Å². The molecule has 5 heteroatoms. The average Bonchev–Trinajstić information content (AvgIpc) is 2.68.